The fourth-order valence-electron chi connectivity index (χ4n) is 2.29. The molecule has 0 aromatic heterocycles. The Kier molecular flexibility index (Phi) is 7.50. The largest absolute Gasteiger partial charge is 0.478 e. The second-order valence-corrected chi connectivity index (χ2v) is 6.05. The molecule has 0 aliphatic rings. The summed E-state index contributed by atoms with van der Waals surface area (Å²) in [5.74, 6) is -2.05. The lowest BCUT2D eigenvalue weighted by atomic mass is 10.1. The Morgan fingerprint density at radius 2 is 1.71 bits per heavy atom. The Hall–Kier alpha value is -3.42. The quantitative estimate of drug-likeness (QED) is 0.632. The van der Waals surface area contributed by atoms with E-state index >= 15 is 0 Å². The summed E-state index contributed by atoms with van der Waals surface area (Å²) in [7, 11) is 0. The molecule has 1 atom stereocenters. The first-order chi connectivity index (χ1) is 13.4. The number of aryl methyl sites for hydroxylation is 1. The van der Waals surface area contributed by atoms with Gasteiger partial charge in [-0.25, -0.2) is 4.39 Å². The highest BCUT2D eigenvalue weighted by Gasteiger charge is 2.17. The molecule has 0 saturated carbocycles. The van der Waals surface area contributed by atoms with Crippen LogP contribution in [0.1, 0.15) is 29.3 Å². The van der Waals surface area contributed by atoms with Crippen LogP contribution in [-0.4, -0.2) is 30.4 Å². The molecule has 2 aromatic carbocycles. The Morgan fingerprint density at radius 3 is 2.43 bits per heavy atom. The Balaban J connectivity index is 1.70. The molecule has 2 rings (SSSR count). The van der Waals surface area contributed by atoms with E-state index in [1.54, 1.807) is 18.2 Å². The highest BCUT2D eigenvalue weighted by molar-refractivity contribution is 5.95. The maximum atomic E-state index is 13.5. The van der Waals surface area contributed by atoms with Gasteiger partial charge in [0.1, 0.15) is 0 Å². The first-order valence-corrected chi connectivity index (χ1v) is 8.72. The van der Waals surface area contributed by atoms with E-state index in [1.165, 1.54) is 25.1 Å². The van der Waals surface area contributed by atoms with Crippen LogP contribution in [0.4, 0.5) is 4.39 Å². The summed E-state index contributed by atoms with van der Waals surface area (Å²) >= 11 is 0. The molecule has 0 saturated heterocycles. The molecule has 0 aliphatic heterocycles. The number of halogens is 1. The van der Waals surface area contributed by atoms with Gasteiger partial charge in [-0.05, 0) is 37.6 Å². The molecule has 0 bridgehead atoms. The van der Waals surface area contributed by atoms with Crippen molar-refractivity contribution < 1.29 is 23.5 Å². The highest BCUT2D eigenvalue weighted by Crippen LogP contribution is 2.16. The van der Waals surface area contributed by atoms with E-state index < -0.39 is 23.7 Å². The minimum absolute atomic E-state index is 0.0273. The number of rotatable bonds is 7. The Labute approximate surface area is 162 Å². The van der Waals surface area contributed by atoms with Gasteiger partial charge in [0.2, 0.25) is 5.91 Å². The molecule has 28 heavy (non-hydrogen) atoms. The smallest absolute Gasteiger partial charge is 0.279 e. The average molecular weight is 387 g/mol. The summed E-state index contributed by atoms with van der Waals surface area (Å²) in [5, 5.41) is 2.64. The monoisotopic (exact) mass is 387 g/mol. The second kappa shape index (κ2) is 10.1. The molecule has 1 unspecified atom stereocenters. The van der Waals surface area contributed by atoms with Crippen molar-refractivity contribution >= 4 is 17.7 Å². The number of hydrogen-bond donors (Lipinski definition) is 3. The van der Waals surface area contributed by atoms with Gasteiger partial charge in [-0.3, -0.25) is 25.2 Å². The molecule has 0 spiro atoms. The number of carbonyl (C=O) groups excluding carboxylic acids is 3. The van der Waals surface area contributed by atoms with Crippen LogP contribution in [0.3, 0.4) is 0 Å². The van der Waals surface area contributed by atoms with Gasteiger partial charge < -0.3 is 10.1 Å². The summed E-state index contributed by atoms with van der Waals surface area (Å²) in [4.78, 5) is 35.8. The number of ether oxygens (including phenoxy) is 1. The second-order valence-electron chi connectivity index (χ2n) is 6.05. The van der Waals surface area contributed by atoms with E-state index in [2.05, 4.69) is 16.2 Å². The van der Waals surface area contributed by atoms with Gasteiger partial charge in [-0.1, -0.05) is 30.3 Å². The highest BCUT2D eigenvalue weighted by atomic mass is 19.1. The molecule has 0 aliphatic carbocycles. The van der Waals surface area contributed by atoms with Gasteiger partial charge in [0.05, 0.1) is 0 Å². The minimum atomic E-state index is -1.02. The topological polar surface area (TPSA) is 96.5 Å². The van der Waals surface area contributed by atoms with Crippen molar-refractivity contribution in [1.29, 1.82) is 0 Å². The van der Waals surface area contributed by atoms with E-state index in [4.69, 9.17) is 4.74 Å². The zero-order valence-electron chi connectivity index (χ0n) is 15.6. The number of carbonyl (C=O) groups is 3. The summed E-state index contributed by atoms with van der Waals surface area (Å²) < 4.78 is 18.7. The van der Waals surface area contributed by atoms with Crippen molar-refractivity contribution in [3.63, 3.8) is 0 Å². The first-order valence-electron chi connectivity index (χ1n) is 8.72. The van der Waals surface area contributed by atoms with Crippen molar-refractivity contribution in [3.05, 3.63) is 65.5 Å². The van der Waals surface area contributed by atoms with E-state index in [0.717, 1.165) is 5.56 Å². The molecule has 8 heteroatoms. The molecule has 2 aromatic rings. The van der Waals surface area contributed by atoms with Gasteiger partial charge in [-0.15, -0.1) is 0 Å². The fraction of sp³-hybridized carbons (Fsp3) is 0.250. The molecular formula is C20H22FN3O4. The van der Waals surface area contributed by atoms with Gasteiger partial charge in [0, 0.05) is 18.5 Å². The lowest BCUT2D eigenvalue weighted by Crippen LogP contribution is -2.47. The predicted octanol–water partition coefficient (Wildman–Crippen LogP) is 1.87. The van der Waals surface area contributed by atoms with Crippen LogP contribution in [0.5, 0.6) is 5.75 Å². The first kappa shape index (κ1) is 20.9. The Bertz CT molecular complexity index is 857. The van der Waals surface area contributed by atoms with Crippen molar-refractivity contribution in [2.45, 2.75) is 26.4 Å². The number of para-hydroxylation sites is 1. The predicted molar refractivity (Wildman–Crippen MR) is 101 cm³/mol. The van der Waals surface area contributed by atoms with Gasteiger partial charge in [0.15, 0.2) is 17.7 Å². The van der Waals surface area contributed by atoms with Crippen LogP contribution < -0.4 is 20.9 Å². The lowest BCUT2D eigenvalue weighted by molar-refractivity contribution is -0.132. The van der Waals surface area contributed by atoms with Gasteiger partial charge in [-0.2, -0.15) is 0 Å². The van der Waals surface area contributed by atoms with E-state index in [0.29, 0.717) is 5.56 Å². The van der Waals surface area contributed by atoms with Crippen LogP contribution in [0.25, 0.3) is 0 Å². The third-order valence-corrected chi connectivity index (χ3v) is 3.86. The standard InChI is InChI=1S/C20H22FN3O4/c1-13-7-3-4-8-15(13)20(27)22-12-11-18(25)23-24-19(26)14(2)28-17-10-6-5-9-16(17)21/h3-10,14H,11-12H2,1-2H3,(H,22,27)(H,23,25)(H,24,26). The molecule has 7 nitrogen and oxygen atoms in total. The summed E-state index contributed by atoms with van der Waals surface area (Å²) in [6.07, 6.45) is -1.04. The zero-order chi connectivity index (χ0) is 20.5. The number of benzene rings is 2. The van der Waals surface area contributed by atoms with Gasteiger partial charge in [0.25, 0.3) is 11.8 Å². The summed E-state index contributed by atoms with van der Waals surface area (Å²) in [6.45, 7) is 3.36. The fourth-order valence-corrected chi connectivity index (χ4v) is 2.29. The van der Waals surface area contributed by atoms with E-state index in [9.17, 15) is 18.8 Å². The molecule has 3 N–H and O–H groups in total. The maximum absolute atomic E-state index is 13.5. The average Bonchev–Trinajstić information content (AvgIpc) is 2.68. The third-order valence-electron chi connectivity index (χ3n) is 3.86. The summed E-state index contributed by atoms with van der Waals surface area (Å²) in [6, 6.07) is 12.8. The minimum Gasteiger partial charge on any atom is -0.478 e. The zero-order valence-corrected chi connectivity index (χ0v) is 15.6. The van der Waals surface area contributed by atoms with Crippen LogP contribution in [-0.2, 0) is 9.59 Å². The number of nitrogens with one attached hydrogen (secondary N) is 3. The van der Waals surface area contributed by atoms with Crippen molar-refractivity contribution in [2.75, 3.05) is 6.54 Å². The third kappa shape index (κ3) is 6.08. The van der Waals surface area contributed by atoms with Crippen LogP contribution in [0.2, 0.25) is 0 Å². The SMILES string of the molecule is Cc1ccccc1C(=O)NCCC(=O)NNC(=O)C(C)Oc1ccccc1F. The maximum Gasteiger partial charge on any atom is 0.279 e. The number of hydrazine groups is 1. The molecule has 148 valence electrons. The van der Waals surface area contributed by atoms with E-state index in [1.807, 2.05) is 19.1 Å². The van der Waals surface area contributed by atoms with Crippen molar-refractivity contribution in [1.82, 2.24) is 16.2 Å². The van der Waals surface area contributed by atoms with Crippen molar-refractivity contribution in [3.8, 4) is 5.75 Å². The van der Waals surface area contributed by atoms with Gasteiger partial charge >= 0.3 is 0 Å². The number of amides is 3. The van der Waals surface area contributed by atoms with Crippen LogP contribution in [0.15, 0.2) is 48.5 Å². The molecular weight excluding hydrogens is 365 g/mol. The normalized spacial score (nSPS) is 11.2. The molecule has 3 amide bonds. The van der Waals surface area contributed by atoms with Crippen LogP contribution >= 0.6 is 0 Å². The lowest BCUT2D eigenvalue weighted by Gasteiger charge is -2.15. The molecule has 0 heterocycles. The van der Waals surface area contributed by atoms with E-state index in [-0.39, 0.29) is 24.6 Å². The Morgan fingerprint density at radius 1 is 1.04 bits per heavy atom. The summed E-state index contributed by atoms with van der Waals surface area (Å²) in [5.41, 5.74) is 5.80. The van der Waals surface area contributed by atoms with Crippen LogP contribution in [0, 0.1) is 12.7 Å². The number of hydrogen-bond acceptors (Lipinski definition) is 4. The molecule has 0 radical (unpaired) electrons. The van der Waals surface area contributed by atoms with Crippen molar-refractivity contribution in [2.24, 2.45) is 0 Å². The molecule has 0 fully saturated rings.